The molecular weight excluding hydrogens is 154 g/mol. The van der Waals surface area contributed by atoms with Crippen molar-refractivity contribution in [3.05, 3.63) is 0 Å². The first-order valence-corrected chi connectivity index (χ1v) is 4.72. The van der Waals surface area contributed by atoms with Gasteiger partial charge in [-0.25, -0.2) is 0 Å². The van der Waals surface area contributed by atoms with Gasteiger partial charge < -0.3 is 10.4 Å². The molecule has 1 aliphatic carbocycles. The Labute approximate surface area is 72.2 Å². The summed E-state index contributed by atoms with van der Waals surface area (Å²) in [6.07, 6.45) is 5.19. The van der Waals surface area contributed by atoms with E-state index in [9.17, 15) is 4.79 Å². The molecule has 0 radical (unpaired) electrons. The number of hydrogen-bond donors (Lipinski definition) is 2. The first kappa shape index (κ1) is 8.05. The van der Waals surface area contributed by atoms with Gasteiger partial charge in [0.25, 0.3) is 0 Å². The Balaban J connectivity index is 2.02. The first-order valence-electron chi connectivity index (χ1n) is 4.72. The van der Waals surface area contributed by atoms with E-state index in [4.69, 9.17) is 5.11 Å². The van der Waals surface area contributed by atoms with Gasteiger partial charge in [-0.15, -0.1) is 0 Å². The normalized spacial score (nSPS) is 32.8. The predicted octanol–water partition coefficient (Wildman–Crippen LogP) is 0.993. The van der Waals surface area contributed by atoms with Crippen LogP contribution in [0.4, 0.5) is 0 Å². The van der Waals surface area contributed by atoms with Crippen LogP contribution in [0.25, 0.3) is 0 Å². The molecule has 2 rings (SSSR count). The van der Waals surface area contributed by atoms with Crippen molar-refractivity contribution in [2.24, 2.45) is 5.41 Å². The molecule has 0 aromatic heterocycles. The second-order valence-electron chi connectivity index (χ2n) is 3.96. The van der Waals surface area contributed by atoms with E-state index in [1.54, 1.807) is 0 Å². The van der Waals surface area contributed by atoms with Crippen molar-refractivity contribution in [2.75, 3.05) is 6.54 Å². The van der Waals surface area contributed by atoms with E-state index in [1.165, 1.54) is 12.8 Å². The Morgan fingerprint density at radius 1 is 1.42 bits per heavy atom. The topological polar surface area (TPSA) is 49.3 Å². The third-order valence-electron chi connectivity index (χ3n) is 3.19. The van der Waals surface area contributed by atoms with Gasteiger partial charge in [-0.1, -0.05) is 6.42 Å². The highest BCUT2D eigenvalue weighted by Crippen LogP contribution is 2.50. The summed E-state index contributed by atoms with van der Waals surface area (Å²) in [6, 6.07) is 0.253. The van der Waals surface area contributed by atoms with Crippen LogP contribution in [-0.2, 0) is 4.79 Å². The molecule has 3 nitrogen and oxygen atoms in total. The Bertz CT molecular complexity index is 193. The lowest BCUT2D eigenvalue weighted by Gasteiger charge is -2.28. The minimum atomic E-state index is -0.595. The van der Waals surface area contributed by atoms with E-state index in [-0.39, 0.29) is 11.5 Å². The fourth-order valence-electron chi connectivity index (χ4n) is 2.17. The Morgan fingerprint density at radius 2 is 2.17 bits per heavy atom. The van der Waals surface area contributed by atoms with Crippen LogP contribution in [0.2, 0.25) is 0 Å². The molecule has 0 aromatic carbocycles. The first-order chi connectivity index (χ1) is 5.76. The average molecular weight is 169 g/mol. The number of carboxylic acids is 1. The fourth-order valence-corrected chi connectivity index (χ4v) is 2.17. The largest absolute Gasteiger partial charge is 0.481 e. The molecule has 2 fully saturated rings. The Hall–Kier alpha value is -0.570. The molecule has 1 unspecified atom stereocenters. The average Bonchev–Trinajstić information content (AvgIpc) is 2.86. The molecule has 12 heavy (non-hydrogen) atoms. The lowest BCUT2D eigenvalue weighted by molar-refractivity contribution is -0.144. The molecule has 0 bridgehead atoms. The lowest BCUT2D eigenvalue weighted by atomic mass is 9.89. The van der Waals surface area contributed by atoms with Crippen LogP contribution in [0.1, 0.15) is 32.1 Å². The van der Waals surface area contributed by atoms with Crippen LogP contribution in [0.5, 0.6) is 0 Å². The third kappa shape index (κ3) is 1.12. The van der Waals surface area contributed by atoms with Gasteiger partial charge in [-0.2, -0.15) is 0 Å². The van der Waals surface area contributed by atoms with Crippen LogP contribution in [0.15, 0.2) is 0 Å². The molecule has 0 amide bonds. The molecule has 3 heteroatoms. The standard InChI is InChI=1S/C9H15NO2/c11-8(12)9(4-5-9)7-3-1-2-6-10-7/h7,10H,1-6H2,(H,11,12). The molecule has 1 heterocycles. The smallest absolute Gasteiger partial charge is 0.311 e. The summed E-state index contributed by atoms with van der Waals surface area (Å²) >= 11 is 0. The highest BCUT2D eigenvalue weighted by atomic mass is 16.4. The maximum atomic E-state index is 10.9. The molecule has 1 atom stereocenters. The number of aliphatic carboxylic acids is 1. The van der Waals surface area contributed by atoms with Crippen LogP contribution >= 0.6 is 0 Å². The van der Waals surface area contributed by atoms with E-state index in [0.29, 0.717) is 0 Å². The number of rotatable bonds is 2. The monoisotopic (exact) mass is 169 g/mol. The van der Waals surface area contributed by atoms with E-state index in [1.807, 2.05) is 0 Å². The quantitative estimate of drug-likeness (QED) is 0.648. The van der Waals surface area contributed by atoms with Crippen molar-refractivity contribution >= 4 is 5.97 Å². The second-order valence-corrected chi connectivity index (χ2v) is 3.96. The Morgan fingerprint density at radius 3 is 2.58 bits per heavy atom. The summed E-state index contributed by atoms with van der Waals surface area (Å²) in [5, 5.41) is 12.3. The lowest BCUT2D eigenvalue weighted by Crippen LogP contribution is -2.44. The second kappa shape index (κ2) is 2.73. The number of carbonyl (C=O) groups is 1. The summed E-state index contributed by atoms with van der Waals surface area (Å²) in [5.74, 6) is -0.595. The van der Waals surface area contributed by atoms with Gasteiger partial charge in [-0.3, -0.25) is 4.79 Å². The summed E-state index contributed by atoms with van der Waals surface area (Å²) in [6.45, 7) is 1.000. The third-order valence-corrected chi connectivity index (χ3v) is 3.19. The van der Waals surface area contributed by atoms with Crippen LogP contribution in [-0.4, -0.2) is 23.7 Å². The van der Waals surface area contributed by atoms with Crippen LogP contribution in [0.3, 0.4) is 0 Å². The molecule has 2 aliphatic rings. The van der Waals surface area contributed by atoms with Gasteiger partial charge in [0.2, 0.25) is 0 Å². The van der Waals surface area contributed by atoms with Crippen LogP contribution < -0.4 is 5.32 Å². The summed E-state index contributed by atoms with van der Waals surface area (Å²) < 4.78 is 0. The fraction of sp³-hybridized carbons (Fsp3) is 0.889. The maximum absolute atomic E-state index is 10.9. The molecule has 1 saturated carbocycles. The van der Waals surface area contributed by atoms with Crippen molar-refractivity contribution < 1.29 is 9.90 Å². The van der Waals surface area contributed by atoms with Crippen molar-refractivity contribution in [3.8, 4) is 0 Å². The number of hydrogen-bond acceptors (Lipinski definition) is 2. The van der Waals surface area contributed by atoms with Gasteiger partial charge in [0, 0.05) is 6.04 Å². The van der Waals surface area contributed by atoms with Crippen molar-refractivity contribution in [1.29, 1.82) is 0 Å². The number of piperidine rings is 1. The van der Waals surface area contributed by atoms with Gasteiger partial charge in [-0.05, 0) is 32.2 Å². The molecule has 0 aromatic rings. The molecule has 1 saturated heterocycles. The number of nitrogens with one attached hydrogen (secondary N) is 1. The van der Waals surface area contributed by atoms with Gasteiger partial charge in [0.05, 0.1) is 5.41 Å². The van der Waals surface area contributed by atoms with E-state index < -0.39 is 5.97 Å². The van der Waals surface area contributed by atoms with Gasteiger partial charge >= 0.3 is 5.97 Å². The zero-order valence-electron chi connectivity index (χ0n) is 7.18. The zero-order valence-corrected chi connectivity index (χ0v) is 7.18. The minimum absolute atomic E-state index is 0.253. The van der Waals surface area contributed by atoms with Crippen molar-refractivity contribution in [2.45, 2.75) is 38.1 Å². The molecule has 1 aliphatic heterocycles. The molecular formula is C9H15NO2. The highest BCUT2D eigenvalue weighted by Gasteiger charge is 2.55. The summed E-state index contributed by atoms with van der Waals surface area (Å²) in [5.41, 5.74) is -0.375. The van der Waals surface area contributed by atoms with E-state index in [0.717, 1.165) is 25.8 Å². The molecule has 0 spiro atoms. The Kier molecular flexibility index (Phi) is 1.83. The number of carboxylic acid groups (broad SMARTS) is 1. The minimum Gasteiger partial charge on any atom is -0.481 e. The van der Waals surface area contributed by atoms with E-state index in [2.05, 4.69) is 5.32 Å². The van der Waals surface area contributed by atoms with Crippen LogP contribution in [0, 0.1) is 5.41 Å². The highest BCUT2D eigenvalue weighted by molar-refractivity contribution is 5.78. The van der Waals surface area contributed by atoms with Gasteiger partial charge in [0.15, 0.2) is 0 Å². The molecule has 68 valence electrons. The zero-order chi connectivity index (χ0) is 8.60. The summed E-state index contributed by atoms with van der Waals surface area (Å²) in [4.78, 5) is 10.9. The van der Waals surface area contributed by atoms with Crippen molar-refractivity contribution in [1.82, 2.24) is 5.32 Å². The van der Waals surface area contributed by atoms with Gasteiger partial charge in [0.1, 0.15) is 0 Å². The maximum Gasteiger partial charge on any atom is 0.311 e. The predicted molar refractivity (Wildman–Crippen MR) is 44.9 cm³/mol. The summed E-state index contributed by atoms with van der Waals surface area (Å²) in [7, 11) is 0. The molecule has 2 N–H and O–H groups in total. The SMILES string of the molecule is O=C(O)C1(C2CCCCN2)CC1. The van der Waals surface area contributed by atoms with Crippen molar-refractivity contribution in [3.63, 3.8) is 0 Å². The van der Waals surface area contributed by atoms with E-state index >= 15 is 0 Å².